The van der Waals surface area contributed by atoms with E-state index in [2.05, 4.69) is 10.1 Å². The van der Waals surface area contributed by atoms with Crippen molar-refractivity contribution in [2.45, 2.75) is 6.92 Å². The Labute approximate surface area is 108 Å². The first-order valence-electron chi connectivity index (χ1n) is 5.72. The molecule has 1 aromatic carbocycles. The summed E-state index contributed by atoms with van der Waals surface area (Å²) in [4.78, 5) is 15.5. The molecule has 0 atom stereocenters. The molecular weight excluding hydrogens is 244 g/mol. The van der Waals surface area contributed by atoms with Gasteiger partial charge in [0, 0.05) is 17.1 Å². The minimum atomic E-state index is -1.05. The molecule has 3 rings (SSSR count). The van der Waals surface area contributed by atoms with Crippen molar-refractivity contribution < 1.29 is 14.4 Å². The molecule has 0 saturated heterocycles. The number of nitrogens with zero attached hydrogens (tertiary/aromatic N) is 2. The van der Waals surface area contributed by atoms with E-state index in [0.717, 1.165) is 10.9 Å². The summed E-state index contributed by atoms with van der Waals surface area (Å²) in [7, 11) is 0. The minimum Gasteiger partial charge on any atom is -0.477 e. The van der Waals surface area contributed by atoms with Crippen molar-refractivity contribution in [3.63, 3.8) is 0 Å². The van der Waals surface area contributed by atoms with Crippen LogP contribution in [0.15, 0.2) is 41.1 Å². The average Bonchev–Trinajstić information content (AvgIpc) is 2.80. The van der Waals surface area contributed by atoms with Crippen LogP contribution in [-0.2, 0) is 0 Å². The number of fused-ring (bicyclic) bond motifs is 1. The molecule has 1 N–H and O–H groups in total. The Balaban J connectivity index is 2.34. The number of rotatable bonds is 2. The van der Waals surface area contributed by atoms with Crippen LogP contribution >= 0.6 is 0 Å². The van der Waals surface area contributed by atoms with Crippen LogP contribution in [0.3, 0.4) is 0 Å². The smallest absolute Gasteiger partial charge is 0.341 e. The third kappa shape index (κ3) is 1.76. The van der Waals surface area contributed by atoms with Crippen LogP contribution in [-0.4, -0.2) is 21.2 Å². The molecule has 0 unspecified atom stereocenters. The van der Waals surface area contributed by atoms with Gasteiger partial charge in [-0.25, -0.2) is 4.79 Å². The third-order valence-corrected chi connectivity index (χ3v) is 2.98. The quantitative estimate of drug-likeness (QED) is 0.760. The number of para-hydroxylation sites is 1. The van der Waals surface area contributed by atoms with Gasteiger partial charge in [-0.15, -0.1) is 0 Å². The van der Waals surface area contributed by atoms with Crippen LogP contribution in [0.1, 0.15) is 16.1 Å². The molecule has 0 bridgehead atoms. The second-order valence-electron chi connectivity index (χ2n) is 4.14. The van der Waals surface area contributed by atoms with E-state index in [1.54, 1.807) is 19.2 Å². The molecule has 0 amide bonds. The van der Waals surface area contributed by atoms with Gasteiger partial charge in [0.2, 0.25) is 0 Å². The Kier molecular flexibility index (Phi) is 2.52. The van der Waals surface area contributed by atoms with Gasteiger partial charge in [0.05, 0.1) is 5.52 Å². The van der Waals surface area contributed by atoms with Crippen LogP contribution < -0.4 is 0 Å². The fourth-order valence-electron chi connectivity index (χ4n) is 2.11. The number of carboxylic acid groups (broad SMARTS) is 1. The second-order valence-corrected chi connectivity index (χ2v) is 4.14. The maximum absolute atomic E-state index is 11.3. The van der Waals surface area contributed by atoms with Crippen molar-refractivity contribution in [3.8, 4) is 11.3 Å². The zero-order valence-corrected chi connectivity index (χ0v) is 10.1. The first-order valence-corrected chi connectivity index (χ1v) is 5.72. The number of benzene rings is 1. The number of aryl methyl sites for hydroxylation is 1. The van der Waals surface area contributed by atoms with Gasteiger partial charge in [0.1, 0.15) is 17.0 Å². The molecule has 0 fully saturated rings. The van der Waals surface area contributed by atoms with E-state index in [0.29, 0.717) is 17.0 Å². The highest BCUT2D eigenvalue weighted by Gasteiger charge is 2.22. The Morgan fingerprint density at radius 2 is 2.05 bits per heavy atom. The summed E-state index contributed by atoms with van der Waals surface area (Å²) in [5.74, 6) is -0.752. The average molecular weight is 254 g/mol. The normalized spacial score (nSPS) is 10.8. The number of carboxylic acids is 1. The molecule has 19 heavy (non-hydrogen) atoms. The van der Waals surface area contributed by atoms with Crippen molar-refractivity contribution in [2.24, 2.45) is 0 Å². The van der Waals surface area contributed by atoms with Gasteiger partial charge in [-0.1, -0.05) is 23.4 Å². The second kappa shape index (κ2) is 4.20. The molecule has 94 valence electrons. The first kappa shape index (κ1) is 11.4. The lowest BCUT2D eigenvalue weighted by Gasteiger charge is -2.03. The van der Waals surface area contributed by atoms with E-state index in [1.807, 2.05) is 24.3 Å². The van der Waals surface area contributed by atoms with Crippen LogP contribution in [0.25, 0.3) is 22.2 Å². The van der Waals surface area contributed by atoms with Crippen molar-refractivity contribution >= 4 is 16.9 Å². The Morgan fingerprint density at radius 3 is 2.84 bits per heavy atom. The summed E-state index contributed by atoms with van der Waals surface area (Å²) in [6.07, 6.45) is 1.63. The van der Waals surface area contributed by atoms with E-state index in [-0.39, 0.29) is 5.56 Å². The zero-order valence-electron chi connectivity index (χ0n) is 10.1. The zero-order chi connectivity index (χ0) is 13.4. The molecule has 0 aliphatic rings. The highest BCUT2D eigenvalue weighted by molar-refractivity contribution is 6.01. The number of hydrogen-bond acceptors (Lipinski definition) is 4. The monoisotopic (exact) mass is 254 g/mol. The lowest BCUT2D eigenvalue weighted by molar-refractivity contribution is 0.0696. The summed E-state index contributed by atoms with van der Waals surface area (Å²) >= 11 is 0. The van der Waals surface area contributed by atoms with E-state index < -0.39 is 5.97 Å². The van der Waals surface area contributed by atoms with Crippen LogP contribution in [0.5, 0.6) is 0 Å². The molecule has 2 heterocycles. The van der Waals surface area contributed by atoms with Gasteiger partial charge < -0.3 is 9.63 Å². The van der Waals surface area contributed by atoms with Gasteiger partial charge in [0.15, 0.2) is 0 Å². The first-order chi connectivity index (χ1) is 9.18. The number of carbonyl (C=O) groups is 1. The van der Waals surface area contributed by atoms with Crippen molar-refractivity contribution in [3.05, 3.63) is 47.9 Å². The number of aromatic nitrogens is 2. The Hall–Kier alpha value is -2.69. The largest absolute Gasteiger partial charge is 0.477 e. The molecule has 2 aromatic heterocycles. The predicted molar refractivity (Wildman–Crippen MR) is 68.9 cm³/mol. The van der Waals surface area contributed by atoms with Crippen molar-refractivity contribution in [1.82, 2.24) is 10.1 Å². The number of pyridine rings is 1. The summed E-state index contributed by atoms with van der Waals surface area (Å²) in [5, 5.41) is 14.0. The summed E-state index contributed by atoms with van der Waals surface area (Å²) in [6.45, 7) is 1.59. The van der Waals surface area contributed by atoms with Gasteiger partial charge in [-0.05, 0) is 19.1 Å². The molecule has 5 heteroatoms. The fraction of sp³-hybridized carbons (Fsp3) is 0.0714. The molecule has 0 spiro atoms. The lowest BCUT2D eigenvalue weighted by Crippen LogP contribution is -1.99. The maximum atomic E-state index is 11.3. The Morgan fingerprint density at radius 1 is 1.26 bits per heavy atom. The molecule has 0 aliphatic carbocycles. The standard InChI is InChI=1S/C14H10N2O3/c1-8-12(14(17)18)13(16-19-8)10-6-7-15-11-5-3-2-4-9(10)11/h2-7H,1H3,(H,17,18). The Bertz CT molecular complexity index is 772. The molecular formula is C14H10N2O3. The fourth-order valence-corrected chi connectivity index (χ4v) is 2.11. The predicted octanol–water partition coefficient (Wildman–Crippen LogP) is 2.90. The van der Waals surface area contributed by atoms with Crippen LogP contribution in [0.4, 0.5) is 0 Å². The van der Waals surface area contributed by atoms with Crippen LogP contribution in [0, 0.1) is 6.92 Å². The van der Waals surface area contributed by atoms with Crippen molar-refractivity contribution in [1.29, 1.82) is 0 Å². The molecule has 5 nitrogen and oxygen atoms in total. The highest BCUT2D eigenvalue weighted by atomic mass is 16.5. The van der Waals surface area contributed by atoms with Gasteiger partial charge in [-0.3, -0.25) is 4.98 Å². The molecule has 0 radical (unpaired) electrons. The number of hydrogen-bond donors (Lipinski definition) is 1. The maximum Gasteiger partial charge on any atom is 0.341 e. The summed E-state index contributed by atoms with van der Waals surface area (Å²) in [6, 6.07) is 9.25. The topological polar surface area (TPSA) is 76.2 Å². The minimum absolute atomic E-state index is 0.0938. The molecule has 0 saturated carbocycles. The third-order valence-electron chi connectivity index (χ3n) is 2.98. The van der Waals surface area contributed by atoms with Gasteiger partial charge in [-0.2, -0.15) is 0 Å². The van der Waals surface area contributed by atoms with Crippen LogP contribution in [0.2, 0.25) is 0 Å². The SMILES string of the molecule is Cc1onc(-c2ccnc3ccccc23)c1C(=O)O. The van der Waals surface area contributed by atoms with E-state index in [4.69, 9.17) is 4.52 Å². The van der Waals surface area contributed by atoms with E-state index in [9.17, 15) is 9.90 Å². The number of aromatic carboxylic acids is 1. The summed E-state index contributed by atoms with van der Waals surface area (Å²) < 4.78 is 5.01. The van der Waals surface area contributed by atoms with Crippen molar-refractivity contribution in [2.75, 3.05) is 0 Å². The van der Waals surface area contributed by atoms with Gasteiger partial charge >= 0.3 is 5.97 Å². The molecule has 3 aromatic rings. The molecule has 0 aliphatic heterocycles. The van der Waals surface area contributed by atoms with Gasteiger partial charge in [0.25, 0.3) is 0 Å². The van der Waals surface area contributed by atoms with E-state index in [1.165, 1.54) is 0 Å². The summed E-state index contributed by atoms with van der Waals surface area (Å²) in [5.41, 5.74) is 1.93. The van der Waals surface area contributed by atoms with E-state index >= 15 is 0 Å². The lowest BCUT2D eigenvalue weighted by atomic mass is 10.0. The highest BCUT2D eigenvalue weighted by Crippen LogP contribution is 2.30.